The molecule has 1 aromatic carbocycles. The number of carbonyl (C=O) groups is 2. The lowest BCUT2D eigenvalue weighted by molar-refractivity contribution is -0.118. The van der Waals surface area contributed by atoms with E-state index in [4.69, 9.17) is 27.2 Å². The number of anilines is 1. The van der Waals surface area contributed by atoms with Crippen molar-refractivity contribution in [2.75, 3.05) is 19.0 Å². The minimum Gasteiger partial charge on any atom is -0.478 e. The molecule has 0 spiro atoms. The van der Waals surface area contributed by atoms with E-state index < -0.39 is 5.97 Å². The average molecular weight is 287 g/mol. The quantitative estimate of drug-likeness (QED) is 0.732. The van der Waals surface area contributed by atoms with Crippen LogP contribution in [0.15, 0.2) is 18.2 Å². The average Bonchev–Trinajstić information content (AvgIpc) is 2.37. The first-order valence-corrected chi connectivity index (χ1v) is 5.91. The third-order valence-electron chi connectivity index (χ3n) is 2.49. The fraction of sp³-hybridized carbons (Fsp3) is 0.333. The number of hydrogen-bond acceptors (Lipinski definition) is 4. The molecule has 19 heavy (non-hydrogen) atoms. The number of carbonyl (C=O) groups excluding carboxylic acids is 1. The summed E-state index contributed by atoms with van der Waals surface area (Å²) < 4.78 is 4.99. The second-order valence-corrected chi connectivity index (χ2v) is 4.25. The van der Waals surface area contributed by atoms with Crippen molar-refractivity contribution < 1.29 is 19.4 Å². The monoisotopic (exact) mass is 286 g/mol. The van der Waals surface area contributed by atoms with E-state index in [1.54, 1.807) is 0 Å². The second-order valence-electron chi connectivity index (χ2n) is 3.85. The van der Waals surface area contributed by atoms with Gasteiger partial charge in [0.25, 0.3) is 0 Å². The van der Waals surface area contributed by atoms with Crippen molar-refractivity contribution in [2.45, 2.75) is 12.5 Å². The molecular formula is C12H15ClN2O4. The van der Waals surface area contributed by atoms with Gasteiger partial charge >= 0.3 is 5.97 Å². The maximum atomic E-state index is 11.7. The van der Waals surface area contributed by atoms with Gasteiger partial charge in [0.1, 0.15) is 0 Å². The molecule has 1 amide bonds. The molecule has 7 heteroatoms. The van der Waals surface area contributed by atoms with Crippen molar-refractivity contribution in [1.82, 2.24) is 0 Å². The van der Waals surface area contributed by atoms with Gasteiger partial charge in [0.15, 0.2) is 0 Å². The molecule has 0 aliphatic carbocycles. The highest BCUT2D eigenvalue weighted by molar-refractivity contribution is 6.33. The highest BCUT2D eigenvalue weighted by atomic mass is 35.5. The number of aromatic carboxylic acids is 1. The Morgan fingerprint density at radius 1 is 1.53 bits per heavy atom. The lowest BCUT2D eigenvalue weighted by Crippen LogP contribution is -2.28. The van der Waals surface area contributed by atoms with Crippen molar-refractivity contribution in [3.63, 3.8) is 0 Å². The van der Waals surface area contributed by atoms with E-state index in [1.165, 1.54) is 25.3 Å². The van der Waals surface area contributed by atoms with Crippen molar-refractivity contribution in [2.24, 2.45) is 5.73 Å². The summed E-state index contributed by atoms with van der Waals surface area (Å²) in [6.45, 7) is 0.227. The third kappa shape index (κ3) is 4.51. The molecule has 0 fully saturated rings. The molecule has 1 unspecified atom stereocenters. The molecule has 0 saturated carbocycles. The van der Waals surface area contributed by atoms with Crippen LogP contribution in [0.4, 0.5) is 5.69 Å². The van der Waals surface area contributed by atoms with Crippen LogP contribution in [0.3, 0.4) is 0 Å². The Morgan fingerprint density at radius 3 is 2.74 bits per heavy atom. The van der Waals surface area contributed by atoms with Gasteiger partial charge in [0.2, 0.25) is 5.91 Å². The standard InChI is InChI=1S/C12H15ClN2O4/c1-19-8(6-14)5-11(16)15-7-2-3-10(13)9(4-7)12(17)18/h2-4,8H,5-6,14H2,1H3,(H,15,16)(H,17,18). The first-order chi connectivity index (χ1) is 8.97. The van der Waals surface area contributed by atoms with Crippen LogP contribution < -0.4 is 11.1 Å². The number of nitrogens with two attached hydrogens (primary N) is 1. The number of nitrogens with one attached hydrogen (secondary N) is 1. The molecule has 0 radical (unpaired) electrons. The Kier molecular flexibility index (Phi) is 5.75. The SMILES string of the molecule is COC(CN)CC(=O)Nc1ccc(Cl)c(C(=O)O)c1. The number of carboxylic acid groups (broad SMARTS) is 1. The summed E-state index contributed by atoms with van der Waals surface area (Å²) in [6, 6.07) is 4.24. The Balaban J connectivity index is 2.74. The zero-order valence-corrected chi connectivity index (χ0v) is 11.1. The lowest BCUT2D eigenvalue weighted by atomic mass is 10.2. The van der Waals surface area contributed by atoms with E-state index in [-0.39, 0.29) is 35.6 Å². The number of amides is 1. The molecule has 0 bridgehead atoms. The second kappa shape index (κ2) is 7.08. The van der Waals surface area contributed by atoms with Crippen LogP contribution in [-0.4, -0.2) is 36.7 Å². The molecule has 4 N–H and O–H groups in total. The number of methoxy groups -OCH3 is 1. The normalized spacial score (nSPS) is 11.9. The van der Waals surface area contributed by atoms with Gasteiger partial charge in [0.05, 0.1) is 23.1 Å². The van der Waals surface area contributed by atoms with Crippen LogP contribution in [0.1, 0.15) is 16.8 Å². The minimum absolute atomic E-state index is 0.0680. The molecule has 104 valence electrons. The fourth-order valence-corrected chi connectivity index (χ4v) is 1.65. The van der Waals surface area contributed by atoms with E-state index >= 15 is 0 Å². The van der Waals surface area contributed by atoms with Crippen molar-refractivity contribution in [1.29, 1.82) is 0 Å². The van der Waals surface area contributed by atoms with Crippen molar-refractivity contribution in [3.05, 3.63) is 28.8 Å². The molecule has 1 atom stereocenters. The van der Waals surface area contributed by atoms with Crippen LogP contribution in [0.5, 0.6) is 0 Å². The van der Waals surface area contributed by atoms with Gasteiger partial charge < -0.3 is 20.9 Å². The Bertz CT molecular complexity index is 475. The van der Waals surface area contributed by atoms with E-state index in [9.17, 15) is 9.59 Å². The Morgan fingerprint density at radius 2 is 2.21 bits per heavy atom. The largest absolute Gasteiger partial charge is 0.478 e. The molecular weight excluding hydrogens is 272 g/mol. The maximum Gasteiger partial charge on any atom is 0.337 e. The molecule has 0 aromatic heterocycles. The summed E-state index contributed by atoms with van der Waals surface area (Å²) in [5.41, 5.74) is 5.70. The van der Waals surface area contributed by atoms with Gasteiger partial charge in [-0.2, -0.15) is 0 Å². The van der Waals surface area contributed by atoms with E-state index in [2.05, 4.69) is 5.32 Å². The number of carboxylic acids is 1. The number of benzene rings is 1. The third-order valence-corrected chi connectivity index (χ3v) is 2.82. The number of halogens is 1. The summed E-state index contributed by atoms with van der Waals surface area (Å²) in [7, 11) is 1.47. The Hall–Kier alpha value is -1.63. The minimum atomic E-state index is -1.15. The zero-order valence-electron chi connectivity index (χ0n) is 10.4. The van der Waals surface area contributed by atoms with Gasteiger partial charge in [-0.1, -0.05) is 11.6 Å². The lowest BCUT2D eigenvalue weighted by Gasteiger charge is -2.13. The van der Waals surface area contributed by atoms with Crippen LogP contribution in [0, 0.1) is 0 Å². The fourth-order valence-electron chi connectivity index (χ4n) is 1.45. The molecule has 1 rings (SSSR count). The van der Waals surface area contributed by atoms with Gasteiger partial charge in [-0.25, -0.2) is 4.79 Å². The van der Waals surface area contributed by atoms with Gasteiger partial charge in [-0.15, -0.1) is 0 Å². The first kappa shape index (κ1) is 15.4. The predicted molar refractivity (Wildman–Crippen MR) is 71.5 cm³/mol. The highest BCUT2D eigenvalue weighted by Crippen LogP contribution is 2.20. The van der Waals surface area contributed by atoms with Crippen LogP contribution in [0.2, 0.25) is 5.02 Å². The molecule has 0 heterocycles. The summed E-state index contributed by atoms with van der Waals surface area (Å²) in [4.78, 5) is 22.6. The Labute approximate surface area is 115 Å². The summed E-state index contributed by atoms with van der Waals surface area (Å²) in [5.74, 6) is -1.46. The number of ether oxygens (including phenoxy) is 1. The zero-order chi connectivity index (χ0) is 14.4. The maximum absolute atomic E-state index is 11.7. The van der Waals surface area contributed by atoms with Gasteiger partial charge in [-0.3, -0.25) is 4.79 Å². The van der Waals surface area contributed by atoms with Crippen molar-refractivity contribution in [3.8, 4) is 0 Å². The summed E-state index contributed by atoms with van der Waals surface area (Å²) in [5, 5.41) is 11.6. The summed E-state index contributed by atoms with van der Waals surface area (Å²) >= 11 is 5.73. The van der Waals surface area contributed by atoms with E-state index in [1.807, 2.05) is 0 Å². The molecule has 6 nitrogen and oxygen atoms in total. The smallest absolute Gasteiger partial charge is 0.337 e. The van der Waals surface area contributed by atoms with E-state index in [0.29, 0.717) is 5.69 Å². The number of hydrogen-bond donors (Lipinski definition) is 3. The highest BCUT2D eigenvalue weighted by Gasteiger charge is 2.14. The van der Waals surface area contributed by atoms with Crippen LogP contribution in [0.25, 0.3) is 0 Å². The van der Waals surface area contributed by atoms with Crippen molar-refractivity contribution >= 4 is 29.2 Å². The molecule has 1 aromatic rings. The molecule has 0 aliphatic heterocycles. The van der Waals surface area contributed by atoms with Crippen LogP contribution in [-0.2, 0) is 9.53 Å². The van der Waals surface area contributed by atoms with Crippen LogP contribution >= 0.6 is 11.6 Å². The summed E-state index contributed by atoms with van der Waals surface area (Å²) in [6.07, 6.45) is -0.274. The number of rotatable bonds is 6. The van der Waals surface area contributed by atoms with E-state index in [0.717, 1.165) is 0 Å². The van der Waals surface area contributed by atoms with Gasteiger partial charge in [-0.05, 0) is 18.2 Å². The topological polar surface area (TPSA) is 102 Å². The first-order valence-electron chi connectivity index (χ1n) is 5.53. The molecule has 0 aliphatic rings. The molecule has 0 saturated heterocycles. The predicted octanol–water partition coefficient (Wildman–Crippen LogP) is 1.34. The van der Waals surface area contributed by atoms with Gasteiger partial charge in [0, 0.05) is 19.3 Å².